The van der Waals surface area contributed by atoms with Crippen LogP contribution in [0.4, 0.5) is 0 Å². The Bertz CT molecular complexity index is 961. The third-order valence-corrected chi connectivity index (χ3v) is 5.28. The Morgan fingerprint density at radius 1 is 1.22 bits per heavy atom. The number of nitrogens with two attached hydrogens (primary N) is 2. The molecule has 4 N–H and O–H groups in total. The fourth-order valence-electron chi connectivity index (χ4n) is 3.10. The molecular formula is C21H24N4OS. The number of hydrogen-bond donors (Lipinski definition) is 2. The number of amides is 1. The summed E-state index contributed by atoms with van der Waals surface area (Å²) in [5.41, 5.74) is 18.0. The van der Waals surface area contributed by atoms with Crippen molar-refractivity contribution in [2.75, 3.05) is 0 Å². The molecule has 0 aliphatic rings. The maximum absolute atomic E-state index is 11.5. The summed E-state index contributed by atoms with van der Waals surface area (Å²) in [5.74, 6) is -0.0568. The van der Waals surface area contributed by atoms with E-state index in [4.69, 9.17) is 16.5 Å². The van der Waals surface area contributed by atoms with E-state index in [1.165, 1.54) is 16.9 Å². The molecule has 27 heavy (non-hydrogen) atoms. The van der Waals surface area contributed by atoms with Gasteiger partial charge in [-0.3, -0.25) is 9.78 Å². The molecule has 0 aliphatic heterocycles. The van der Waals surface area contributed by atoms with Gasteiger partial charge in [0.05, 0.1) is 0 Å². The fourth-order valence-corrected chi connectivity index (χ4v) is 3.92. The molecule has 0 spiro atoms. The van der Waals surface area contributed by atoms with E-state index in [2.05, 4.69) is 50.0 Å². The standard InChI is InChI=1S/C21H24N4OS/c1-12(2)8-17-15(9-22)19(14-6-4-13(3)5-7-14)16(10-24-17)21-25-18(11-27-21)20(23)26/h4-7,10-12H,8-9,22H2,1-3H3,(H2,23,26). The summed E-state index contributed by atoms with van der Waals surface area (Å²) in [4.78, 5) is 20.6. The number of thiazole rings is 1. The van der Waals surface area contributed by atoms with E-state index in [-0.39, 0.29) is 5.69 Å². The molecule has 0 unspecified atom stereocenters. The molecule has 0 atom stereocenters. The number of pyridine rings is 1. The summed E-state index contributed by atoms with van der Waals surface area (Å²) in [6.45, 7) is 6.79. The molecule has 0 radical (unpaired) electrons. The van der Waals surface area contributed by atoms with Crippen molar-refractivity contribution in [3.63, 3.8) is 0 Å². The van der Waals surface area contributed by atoms with Crippen LogP contribution in [0.5, 0.6) is 0 Å². The summed E-state index contributed by atoms with van der Waals surface area (Å²) in [5, 5.41) is 2.40. The predicted molar refractivity (Wildman–Crippen MR) is 110 cm³/mol. The van der Waals surface area contributed by atoms with Gasteiger partial charge in [0, 0.05) is 29.4 Å². The lowest BCUT2D eigenvalue weighted by molar-refractivity contribution is 0.0996. The highest BCUT2D eigenvalue weighted by Gasteiger charge is 2.20. The molecule has 0 saturated carbocycles. The van der Waals surface area contributed by atoms with Crippen LogP contribution in [0.2, 0.25) is 0 Å². The molecule has 2 aromatic heterocycles. The van der Waals surface area contributed by atoms with Gasteiger partial charge in [0.25, 0.3) is 5.91 Å². The molecule has 5 nitrogen and oxygen atoms in total. The van der Waals surface area contributed by atoms with Crippen molar-refractivity contribution in [1.29, 1.82) is 0 Å². The third kappa shape index (κ3) is 4.07. The first kappa shape index (κ1) is 19.2. The van der Waals surface area contributed by atoms with Crippen molar-refractivity contribution in [1.82, 2.24) is 9.97 Å². The van der Waals surface area contributed by atoms with Crippen molar-refractivity contribution in [3.05, 3.63) is 58.4 Å². The normalized spacial score (nSPS) is 11.1. The Balaban J connectivity index is 2.25. The topological polar surface area (TPSA) is 94.9 Å². The SMILES string of the molecule is Cc1ccc(-c2c(-c3nc(C(N)=O)cs3)cnc(CC(C)C)c2CN)cc1. The molecule has 0 aliphatic carbocycles. The zero-order valence-electron chi connectivity index (χ0n) is 15.8. The van der Waals surface area contributed by atoms with Crippen LogP contribution in [-0.4, -0.2) is 15.9 Å². The van der Waals surface area contributed by atoms with E-state index < -0.39 is 5.91 Å². The second-order valence-corrected chi connectivity index (χ2v) is 7.90. The van der Waals surface area contributed by atoms with Crippen molar-refractivity contribution >= 4 is 17.2 Å². The molecule has 0 saturated heterocycles. The van der Waals surface area contributed by atoms with E-state index >= 15 is 0 Å². The van der Waals surface area contributed by atoms with Crippen molar-refractivity contribution in [2.45, 2.75) is 33.7 Å². The average Bonchev–Trinajstić information content (AvgIpc) is 3.12. The van der Waals surface area contributed by atoms with Crippen LogP contribution >= 0.6 is 11.3 Å². The van der Waals surface area contributed by atoms with Crippen LogP contribution in [0.25, 0.3) is 21.7 Å². The molecule has 3 rings (SSSR count). The van der Waals surface area contributed by atoms with Crippen molar-refractivity contribution in [2.24, 2.45) is 17.4 Å². The summed E-state index contributed by atoms with van der Waals surface area (Å²) in [7, 11) is 0. The number of carbonyl (C=O) groups is 1. The van der Waals surface area contributed by atoms with Gasteiger partial charge < -0.3 is 11.5 Å². The average molecular weight is 381 g/mol. The zero-order chi connectivity index (χ0) is 19.6. The van der Waals surface area contributed by atoms with Gasteiger partial charge in [0.1, 0.15) is 10.7 Å². The van der Waals surface area contributed by atoms with Gasteiger partial charge in [-0.1, -0.05) is 43.7 Å². The minimum absolute atomic E-state index is 0.269. The van der Waals surface area contributed by atoms with E-state index in [1.807, 2.05) is 6.20 Å². The highest BCUT2D eigenvalue weighted by molar-refractivity contribution is 7.13. The zero-order valence-corrected chi connectivity index (χ0v) is 16.6. The molecule has 2 heterocycles. The Morgan fingerprint density at radius 2 is 1.93 bits per heavy atom. The van der Waals surface area contributed by atoms with Crippen LogP contribution in [0.15, 0.2) is 35.8 Å². The Labute approximate surface area is 163 Å². The largest absolute Gasteiger partial charge is 0.364 e. The Morgan fingerprint density at radius 3 is 2.48 bits per heavy atom. The van der Waals surface area contributed by atoms with Crippen LogP contribution < -0.4 is 11.5 Å². The molecular weight excluding hydrogens is 356 g/mol. The smallest absolute Gasteiger partial charge is 0.268 e. The second-order valence-electron chi connectivity index (χ2n) is 7.04. The number of nitrogens with zero attached hydrogens (tertiary/aromatic N) is 2. The molecule has 0 fully saturated rings. The lowest BCUT2D eigenvalue weighted by Gasteiger charge is -2.18. The highest BCUT2D eigenvalue weighted by Crippen LogP contribution is 2.37. The molecule has 140 valence electrons. The monoisotopic (exact) mass is 380 g/mol. The number of aryl methyl sites for hydroxylation is 1. The van der Waals surface area contributed by atoms with Crippen LogP contribution in [0.3, 0.4) is 0 Å². The molecule has 6 heteroatoms. The maximum atomic E-state index is 11.5. The molecule has 3 aromatic rings. The lowest BCUT2D eigenvalue weighted by atomic mass is 9.91. The van der Waals surface area contributed by atoms with Gasteiger partial charge in [-0.2, -0.15) is 0 Å². The first-order chi connectivity index (χ1) is 12.9. The number of aromatic nitrogens is 2. The van der Waals surface area contributed by atoms with Gasteiger partial charge >= 0.3 is 0 Å². The maximum Gasteiger partial charge on any atom is 0.268 e. The summed E-state index contributed by atoms with van der Waals surface area (Å²) >= 11 is 1.39. The van der Waals surface area contributed by atoms with Gasteiger partial charge in [0.15, 0.2) is 0 Å². The van der Waals surface area contributed by atoms with E-state index in [0.717, 1.165) is 39.4 Å². The van der Waals surface area contributed by atoms with Crippen LogP contribution in [0.1, 0.15) is 41.2 Å². The van der Waals surface area contributed by atoms with Crippen LogP contribution in [-0.2, 0) is 13.0 Å². The third-order valence-electron chi connectivity index (χ3n) is 4.40. The fraction of sp³-hybridized carbons (Fsp3) is 0.286. The second kappa shape index (κ2) is 7.98. The first-order valence-electron chi connectivity index (χ1n) is 8.94. The minimum atomic E-state index is -0.530. The first-order valence-corrected chi connectivity index (χ1v) is 9.82. The highest BCUT2D eigenvalue weighted by atomic mass is 32.1. The number of rotatable bonds is 6. The summed E-state index contributed by atoms with van der Waals surface area (Å²) < 4.78 is 0. The van der Waals surface area contributed by atoms with Crippen LogP contribution in [0, 0.1) is 12.8 Å². The van der Waals surface area contributed by atoms with Crippen molar-refractivity contribution in [3.8, 4) is 21.7 Å². The van der Waals surface area contributed by atoms with Gasteiger partial charge in [0.2, 0.25) is 0 Å². The molecule has 1 aromatic carbocycles. The molecule has 0 bridgehead atoms. The quantitative estimate of drug-likeness (QED) is 0.677. The predicted octanol–water partition coefficient (Wildman–Crippen LogP) is 3.94. The van der Waals surface area contributed by atoms with E-state index in [1.54, 1.807) is 5.38 Å². The number of hydrogen-bond acceptors (Lipinski definition) is 5. The minimum Gasteiger partial charge on any atom is -0.364 e. The van der Waals surface area contributed by atoms with Gasteiger partial charge in [-0.05, 0) is 36.0 Å². The van der Waals surface area contributed by atoms with Gasteiger partial charge in [-0.15, -0.1) is 11.3 Å². The molecule has 1 amide bonds. The summed E-state index contributed by atoms with van der Waals surface area (Å²) in [6.07, 6.45) is 2.70. The Hall–Kier alpha value is -2.57. The van der Waals surface area contributed by atoms with E-state index in [9.17, 15) is 4.79 Å². The Kier molecular flexibility index (Phi) is 5.68. The number of primary amides is 1. The lowest BCUT2D eigenvalue weighted by Crippen LogP contribution is -2.11. The number of benzene rings is 1. The van der Waals surface area contributed by atoms with E-state index in [0.29, 0.717) is 12.5 Å². The summed E-state index contributed by atoms with van der Waals surface area (Å²) in [6, 6.07) is 8.35. The van der Waals surface area contributed by atoms with Crippen molar-refractivity contribution < 1.29 is 4.79 Å². The number of carbonyl (C=O) groups excluding carboxylic acids is 1. The van der Waals surface area contributed by atoms with Gasteiger partial charge in [-0.25, -0.2) is 4.98 Å².